The summed E-state index contributed by atoms with van der Waals surface area (Å²) in [5.41, 5.74) is 0.881. The molecule has 5 rings (SSSR count). The fourth-order valence-corrected chi connectivity index (χ4v) is 4.46. The van der Waals surface area contributed by atoms with E-state index < -0.39 is 5.97 Å². The zero-order valence-electron chi connectivity index (χ0n) is 15.5. The molecule has 3 aromatic rings. The average Bonchev–Trinajstić information content (AvgIpc) is 3.26. The lowest BCUT2D eigenvalue weighted by molar-refractivity contribution is -0.138. The molecule has 0 saturated carbocycles. The van der Waals surface area contributed by atoms with Crippen molar-refractivity contribution in [3.8, 4) is 0 Å². The molecule has 1 N–H and O–H groups in total. The quantitative estimate of drug-likeness (QED) is 0.749. The SMILES string of the molecule is O=C(O)CN1CCC2(C1)Cn1c(nnc1Cc1cccc3ccccc13)CO2. The molecule has 3 heterocycles. The summed E-state index contributed by atoms with van der Waals surface area (Å²) < 4.78 is 8.32. The van der Waals surface area contributed by atoms with E-state index in [1.165, 1.54) is 16.3 Å². The lowest BCUT2D eigenvalue weighted by Gasteiger charge is -2.34. The van der Waals surface area contributed by atoms with Crippen LogP contribution in [-0.2, 0) is 29.1 Å². The summed E-state index contributed by atoms with van der Waals surface area (Å²) >= 11 is 0. The Morgan fingerprint density at radius 1 is 1.14 bits per heavy atom. The van der Waals surface area contributed by atoms with E-state index in [4.69, 9.17) is 9.84 Å². The maximum absolute atomic E-state index is 11.0. The molecule has 0 aliphatic carbocycles. The van der Waals surface area contributed by atoms with Gasteiger partial charge < -0.3 is 14.4 Å². The van der Waals surface area contributed by atoms with E-state index in [-0.39, 0.29) is 12.1 Å². The number of fused-ring (bicyclic) bond motifs is 2. The highest BCUT2D eigenvalue weighted by atomic mass is 16.5. The number of likely N-dealkylation sites (tertiary alicyclic amines) is 1. The highest BCUT2D eigenvalue weighted by Crippen LogP contribution is 2.33. The number of carboxylic acid groups (broad SMARTS) is 1. The first-order valence-corrected chi connectivity index (χ1v) is 9.58. The fraction of sp³-hybridized carbons (Fsp3) is 0.381. The first kappa shape index (κ1) is 17.3. The third kappa shape index (κ3) is 3.06. The summed E-state index contributed by atoms with van der Waals surface area (Å²) in [4.78, 5) is 13.0. The van der Waals surface area contributed by atoms with Crippen molar-refractivity contribution in [2.75, 3.05) is 19.6 Å². The second kappa shape index (κ2) is 6.68. The van der Waals surface area contributed by atoms with Crippen molar-refractivity contribution >= 4 is 16.7 Å². The minimum absolute atomic E-state index is 0.0585. The molecule has 1 unspecified atom stereocenters. The van der Waals surface area contributed by atoms with Crippen LogP contribution in [0.25, 0.3) is 10.8 Å². The van der Waals surface area contributed by atoms with Gasteiger partial charge in [-0.3, -0.25) is 9.69 Å². The maximum atomic E-state index is 11.0. The van der Waals surface area contributed by atoms with Crippen LogP contribution in [0.3, 0.4) is 0 Å². The zero-order chi connectivity index (χ0) is 19.1. The van der Waals surface area contributed by atoms with Gasteiger partial charge in [0.05, 0.1) is 13.1 Å². The summed E-state index contributed by atoms with van der Waals surface area (Å²) in [5.74, 6) is 0.984. The van der Waals surface area contributed by atoms with Gasteiger partial charge in [-0.05, 0) is 22.8 Å². The first-order chi connectivity index (χ1) is 13.6. The van der Waals surface area contributed by atoms with Crippen LogP contribution in [0, 0.1) is 0 Å². The summed E-state index contributed by atoms with van der Waals surface area (Å²) in [6.07, 6.45) is 1.54. The topological polar surface area (TPSA) is 80.5 Å². The van der Waals surface area contributed by atoms with E-state index in [9.17, 15) is 4.79 Å². The number of hydrogen-bond acceptors (Lipinski definition) is 5. The normalized spacial score (nSPS) is 22.0. The molecule has 2 aliphatic rings. The molecule has 1 saturated heterocycles. The Hall–Kier alpha value is -2.77. The minimum atomic E-state index is -0.797. The van der Waals surface area contributed by atoms with Gasteiger partial charge in [-0.25, -0.2) is 0 Å². The fourth-order valence-electron chi connectivity index (χ4n) is 4.46. The van der Waals surface area contributed by atoms with Crippen LogP contribution in [0.4, 0.5) is 0 Å². The highest BCUT2D eigenvalue weighted by molar-refractivity contribution is 5.85. The van der Waals surface area contributed by atoms with Gasteiger partial charge in [0, 0.05) is 19.5 Å². The van der Waals surface area contributed by atoms with Crippen molar-refractivity contribution in [1.29, 1.82) is 0 Å². The Morgan fingerprint density at radius 3 is 2.89 bits per heavy atom. The molecule has 1 fully saturated rings. The molecule has 144 valence electrons. The lowest BCUT2D eigenvalue weighted by atomic mass is 10.00. The third-order valence-electron chi connectivity index (χ3n) is 5.84. The molecular weight excluding hydrogens is 356 g/mol. The molecule has 1 spiro atoms. The summed E-state index contributed by atoms with van der Waals surface area (Å²) in [7, 11) is 0. The summed E-state index contributed by atoms with van der Waals surface area (Å²) in [6.45, 7) is 2.52. The van der Waals surface area contributed by atoms with Gasteiger partial charge in [0.25, 0.3) is 0 Å². The Morgan fingerprint density at radius 2 is 2.00 bits per heavy atom. The molecule has 1 atom stereocenters. The zero-order valence-corrected chi connectivity index (χ0v) is 15.5. The van der Waals surface area contributed by atoms with Gasteiger partial charge in [-0.1, -0.05) is 42.5 Å². The van der Waals surface area contributed by atoms with Gasteiger partial charge in [0.1, 0.15) is 18.0 Å². The molecule has 0 bridgehead atoms. The van der Waals surface area contributed by atoms with Crippen molar-refractivity contribution in [2.24, 2.45) is 0 Å². The molecule has 0 amide bonds. The standard InChI is InChI=1S/C21H22N4O3/c26-20(27)11-24-9-8-21(13-24)14-25-18(22-23-19(25)12-28-21)10-16-6-3-5-15-4-1-2-7-17(15)16/h1-7H,8-14H2,(H,26,27). The number of rotatable bonds is 4. The van der Waals surface area contributed by atoms with Crippen LogP contribution >= 0.6 is 0 Å². The number of ether oxygens (including phenoxy) is 1. The monoisotopic (exact) mass is 378 g/mol. The van der Waals surface area contributed by atoms with E-state index >= 15 is 0 Å². The predicted octanol–water partition coefficient (Wildman–Crippen LogP) is 2.08. The second-order valence-corrected chi connectivity index (χ2v) is 7.76. The van der Waals surface area contributed by atoms with Crippen LogP contribution < -0.4 is 0 Å². The molecule has 2 aliphatic heterocycles. The van der Waals surface area contributed by atoms with Crippen LogP contribution in [0.5, 0.6) is 0 Å². The van der Waals surface area contributed by atoms with Crippen molar-refractivity contribution < 1.29 is 14.6 Å². The van der Waals surface area contributed by atoms with Gasteiger partial charge in [-0.15, -0.1) is 10.2 Å². The third-order valence-corrected chi connectivity index (χ3v) is 5.84. The first-order valence-electron chi connectivity index (χ1n) is 9.58. The molecule has 2 aromatic carbocycles. The Kier molecular flexibility index (Phi) is 4.14. The molecule has 7 nitrogen and oxygen atoms in total. The number of nitrogens with zero attached hydrogens (tertiary/aromatic N) is 4. The van der Waals surface area contributed by atoms with Crippen molar-refractivity contribution in [3.05, 3.63) is 59.7 Å². The number of hydrogen-bond donors (Lipinski definition) is 1. The van der Waals surface area contributed by atoms with Gasteiger partial charge in [0.15, 0.2) is 5.82 Å². The number of carbonyl (C=O) groups is 1. The Labute approximate surface area is 162 Å². The maximum Gasteiger partial charge on any atom is 0.317 e. The van der Waals surface area contributed by atoms with Crippen molar-refractivity contribution in [3.63, 3.8) is 0 Å². The van der Waals surface area contributed by atoms with Crippen molar-refractivity contribution in [2.45, 2.75) is 31.6 Å². The average molecular weight is 378 g/mol. The number of benzene rings is 2. The molecule has 7 heteroatoms. The van der Waals surface area contributed by atoms with E-state index in [2.05, 4.69) is 57.2 Å². The summed E-state index contributed by atoms with van der Waals surface area (Å²) in [6, 6.07) is 14.7. The Balaban J connectivity index is 1.41. The molecule has 28 heavy (non-hydrogen) atoms. The van der Waals surface area contributed by atoms with Crippen LogP contribution in [0.2, 0.25) is 0 Å². The summed E-state index contributed by atoms with van der Waals surface area (Å²) in [5, 5.41) is 20.3. The lowest BCUT2D eigenvalue weighted by Crippen LogP contribution is -2.45. The van der Waals surface area contributed by atoms with Gasteiger partial charge in [0.2, 0.25) is 0 Å². The largest absolute Gasteiger partial charge is 0.480 e. The number of aromatic nitrogens is 3. The molecule has 0 radical (unpaired) electrons. The predicted molar refractivity (Wildman–Crippen MR) is 103 cm³/mol. The van der Waals surface area contributed by atoms with Crippen LogP contribution in [0.15, 0.2) is 42.5 Å². The van der Waals surface area contributed by atoms with Crippen molar-refractivity contribution in [1.82, 2.24) is 19.7 Å². The smallest absolute Gasteiger partial charge is 0.317 e. The van der Waals surface area contributed by atoms with E-state index in [1.54, 1.807) is 0 Å². The van der Waals surface area contributed by atoms with E-state index in [1.807, 2.05) is 4.90 Å². The molecule has 1 aromatic heterocycles. The van der Waals surface area contributed by atoms with Gasteiger partial charge >= 0.3 is 5.97 Å². The van der Waals surface area contributed by atoms with E-state index in [0.29, 0.717) is 26.1 Å². The van der Waals surface area contributed by atoms with E-state index in [0.717, 1.165) is 24.6 Å². The highest BCUT2D eigenvalue weighted by Gasteiger charge is 2.43. The Bertz CT molecular complexity index is 1040. The molecular formula is C21H22N4O3. The second-order valence-electron chi connectivity index (χ2n) is 7.76. The van der Waals surface area contributed by atoms with Gasteiger partial charge in [-0.2, -0.15) is 0 Å². The number of carboxylic acids is 1. The van der Waals surface area contributed by atoms with Crippen LogP contribution in [0.1, 0.15) is 23.6 Å². The van der Waals surface area contributed by atoms with Crippen LogP contribution in [-0.4, -0.2) is 56.0 Å². The number of aliphatic carboxylic acids is 1. The minimum Gasteiger partial charge on any atom is -0.480 e.